The van der Waals surface area contributed by atoms with Gasteiger partial charge in [0.2, 0.25) is 0 Å². The highest BCUT2D eigenvalue weighted by molar-refractivity contribution is 5.83. The van der Waals surface area contributed by atoms with E-state index in [0.717, 1.165) is 0 Å². The third-order valence-electron chi connectivity index (χ3n) is 3.98. The molecule has 0 bridgehead atoms. The third-order valence-corrected chi connectivity index (χ3v) is 3.98. The van der Waals surface area contributed by atoms with E-state index >= 15 is 0 Å². The van der Waals surface area contributed by atoms with Gasteiger partial charge in [-0.3, -0.25) is 0 Å². The lowest BCUT2D eigenvalue weighted by atomic mass is 9.64. The molecule has 0 aliphatic heterocycles. The molecule has 0 radical (unpaired) electrons. The van der Waals surface area contributed by atoms with Crippen LogP contribution < -0.4 is 11.1 Å². The molecule has 0 aromatic carbocycles. The molecule has 0 aromatic heterocycles. The Labute approximate surface area is 116 Å². The van der Waals surface area contributed by atoms with E-state index in [1.54, 1.807) is 0 Å². The first-order valence-electron chi connectivity index (χ1n) is 6.53. The molecule has 20 heavy (non-hydrogen) atoms. The van der Waals surface area contributed by atoms with Crippen molar-refractivity contribution in [3.63, 3.8) is 0 Å². The van der Waals surface area contributed by atoms with Crippen molar-refractivity contribution in [3.05, 3.63) is 0 Å². The maximum absolute atomic E-state index is 12.8. The zero-order chi connectivity index (χ0) is 15.6. The van der Waals surface area contributed by atoms with Crippen molar-refractivity contribution in [3.8, 4) is 0 Å². The monoisotopic (exact) mass is 297 g/mol. The summed E-state index contributed by atoms with van der Waals surface area (Å²) in [7, 11) is 0. The molecule has 1 aliphatic rings. The molecule has 0 heterocycles. The van der Waals surface area contributed by atoms with Gasteiger partial charge in [0.1, 0.15) is 5.92 Å². The van der Waals surface area contributed by atoms with Crippen LogP contribution in [0.2, 0.25) is 0 Å². The summed E-state index contributed by atoms with van der Waals surface area (Å²) in [6.07, 6.45) is -3.85. The van der Waals surface area contributed by atoms with Gasteiger partial charge in [0.25, 0.3) is 0 Å². The Balaban J connectivity index is 2.58. The first-order chi connectivity index (χ1) is 9.14. The van der Waals surface area contributed by atoms with Crippen LogP contribution >= 0.6 is 0 Å². The van der Waals surface area contributed by atoms with Crippen LogP contribution in [0.4, 0.5) is 13.2 Å². The van der Waals surface area contributed by atoms with E-state index in [1.165, 1.54) is 0 Å². The van der Waals surface area contributed by atoms with Gasteiger partial charge in [-0.25, -0.2) is 0 Å². The maximum Gasteiger partial charge on any atom is 0.400 e. The molecule has 0 amide bonds. The van der Waals surface area contributed by atoms with Crippen molar-refractivity contribution in [2.24, 2.45) is 22.2 Å². The summed E-state index contributed by atoms with van der Waals surface area (Å²) in [6.45, 7) is 5.94. The Morgan fingerprint density at radius 3 is 2.55 bits per heavy atom. The SMILES string of the molecule is CCOC1CC(NCC(C(N)=NO)C(F)(F)F)C1(C)C. The van der Waals surface area contributed by atoms with E-state index in [4.69, 9.17) is 15.7 Å². The van der Waals surface area contributed by atoms with Gasteiger partial charge in [-0.2, -0.15) is 13.2 Å². The third kappa shape index (κ3) is 3.54. The Kier molecular flexibility index (Phi) is 5.26. The molecular formula is C12H22F3N3O2. The van der Waals surface area contributed by atoms with E-state index in [0.29, 0.717) is 13.0 Å². The summed E-state index contributed by atoms with van der Waals surface area (Å²) in [6, 6.07) is -0.0876. The number of nitrogens with one attached hydrogen (secondary N) is 1. The van der Waals surface area contributed by atoms with Crippen LogP contribution in [-0.2, 0) is 4.74 Å². The lowest BCUT2D eigenvalue weighted by molar-refractivity contribution is -0.159. The highest BCUT2D eigenvalue weighted by atomic mass is 19.4. The maximum atomic E-state index is 12.8. The van der Waals surface area contributed by atoms with Gasteiger partial charge in [0, 0.05) is 24.6 Å². The van der Waals surface area contributed by atoms with Crippen LogP contribution in [0.15, 0.2) is 5.16 Å². The van der Waals surface area contributed by atoms with E-state index in [9.17, 15) is 13.2 Å². The van der Waals surface area contributed by atoms with Gasteiger partial charge in [-0.15, -0.1) is 0 Å². The second kappa shape index (κ2) is 6.17. The van der Waals surface area contributed by atoms with Crippen LogP contribution in [0.25, 0.3) is 0 Å². The van der Waals surface area contributed by atoms with Gasteiger partial charge in [-0.05, 0) is 13.3 Å². The molecule has 3 unspecified atom stereocenters. The zero-order valence-electron chi connectivity index (χ0n) is 11.9. The molecular weight excluding hydrogens is 275 g/mol. The highest BCUT2D eigenvalue weighted by Gasteiger charge is 2.50. The van der Waals surface area contributed by atoms with E-state index in [2.05, 4.69) is 10.5 Å². The average Bonchev–Trinajstić information content (AvgIpc) is 2.34. The second-order valence-electron chi connectivity index (χ2n) is 5.58. The normalized spacial score (nSPS) is 28.0. The Hall–Kier alpha value is -1.02. The van der Waals surface area contributed by atoms with E-state index in [-0.39, 0.29) is 17.6 Å². The van der Waals surface area contributed by atoms with Crippen LogP contribution in [-0.4, -0.2) is 42.5 Å². The minimum Gasteiger partial charge on any atom is -0.409 e. The van der Waals surface area contributed by atoms with Crippen molar-refractivity contribution >= 4 is 5.84 Å². The van der Waals surface area contributed by atoms with Gasteiger partial charge in [0.05, 0.1) is 6.10 Å². The standard InChI is InChI=1S/C12H22F3N3O2/c1-4-20-9-5-8(11(9,2)3)17-6-7(10(16)18-19)12(13,14)15/h7-9,17,19H,4-6H2,1-3H3,(H2,16,18). The second-order valence-corrected chi connectivity index (χ2v) is 5.58. The van der Waals surface area contributed by atoms with Crippen molar-refractivity contribution in [1.82, 2.24) is 5.32 Å². The van der Waals surface area contributed by atoms with Crippen LogP contribution in [0.5, 0.6) is 0 Å². The largest absolute Gasteiger partial charge is 0.409 e. The number of nitrogens with two attached hydrogens (primary N) is 1. The minimum atomic E-state index is -4.55. The van der Waals surface area contributed by atoms with Crippen LogP contribution in [0.1, 0.15) is 27.2 Å². The smallest absolute Gasteiger partial charge is 0.400 e. The number of ether oxygens (including phenoxy) is 1. The van der Waals surface area contributed by atoms with E-state index in [1.807, 2.05) is 20.8 Å². The summed E-state index contributed by atoms with van der Waals surface area (Å²) in [4.78, 5) is 0. The van der Waals surface area contributed by atoms with Gasteiger partial charge in [-0.1, -0.05) is 19.0 Å². The minimum absolute atomic E-state index is 0.0400. The summed E-state index contributed by atoms with van der Waals surface area (Å²) < 4.78 is 43.9. The lowest BCUT2D eigenvalue weighted by Gasteiger charge is -2.52. The number of rotatable bonds is 6. The number of hydrogen-bond donors (Lipinski definition) is 3. The molecule has 4 N–H and O–H groups in total. The van der Waals surface area contributed by atoms with Crippen molar-refractivity contribution in [1.29, 1.82) is 0 Å². The van der Waals surface area contributed by atoms with Gasteiger partial charge >= 0.3 is 6.18 Å². The molecule has 3 atom stereocenters. The zero-order valence-corrected chi connectivity index (χ0v) is 11.9. The average molecular weight is 297 g/mol. The summed E-state index contributed by atoms with van der Waals surface area (Å²) in [5, 5.41) is 13.8. The highest BCUT2D eigenvalue weighted by Crippen LogP contribution is 2.43. The number of halogens is 3. The summed E-state index contributed by atoms with van der Waals surface area (Å²) in [5.41, 5.74) is 4.87. The van der Waals surface area contributed by atoms with Crippen molar-refractivity contribution < 1.29 is 23.1 Å². The topological polar surface area (TPSA) is 79.9 Å². The molecule has 1 rings (SSSR count). The number of amidine groups is 1. The fourth-order valence-electron chi connectivity index (χ4n) is 2.43. The van der Waals surface area contributed by atoms with Crippen LogP contribution in [0, 0.1) is 11.3 Å². The lowest BCUT2D eigenvalue weighted by Crippen LogP contribution is -2.62. The summed E-state index contributed by atoms with van der Waals surface area (Å²) in [5.74, 6) is -2.82. The van der Waals surface area contributed by atoms with E-state index < -0.39 is 24.5 Å². The Bertz CT molecular complexity index is 358. The molecule has 1 saturated carbocycles. The van der Waals surface area contributed by atoms with Crippen molar-refractivity contribution in [2.45, 2.75) is 45.5 Å². The molecule has 8 heteroatoms. The Morgan fingerprint density at radius 2 is 2.15 bits per heavy atom. The van der Waals surface area contributed by atoms with Gasteiger partial charge in [0.15, 0.2) is 5.84 Å². The van der Waals surface area contributed by atoms with Crippen molar-refractivity contribution in [2.75, 3.05) is 13.2 Å². The van der Waals surface area contributed by atoms with Crippen LogP contribution in [0.3, 0.4) is 0 Å². The molecule has 0 aromatic rings. The fourth-order valence-corrected chi connectivity index (χ4v) is 2.43. The quantitative estimate of drug-likeness (QED) is 0.302. The first kappa shape index (κ1) is 17.0. The molecule has 5 nitrogen and oxygen atoms in total. The number of alkyl halides is 3. The number of oxime groups is 1. The molecule has 1 fully saturated rings. The fraction of sp³-hybridized carbons (Fsp3) is 0.917. The number of hydrogen-bond acceptors (Lipinski definition) is 4. The predicted molar refractivity (Wildman–Crippen MR) is 68.6 cm³/mol. The summed E-state index contributed by atoms with van der Waals surface area (Å²) >= 11 is 0. The first-order valence-corrected chi connectivity index (χ1v) is 6.53. The van der Waals surface area contributed by atoms with Gasteiger partial charge < -0.3 is 21.0 Å². The molecule has 0 spiro atoms. The Morgan fingerprint density at radius 1 is 1.55 bits per heavy atom. The number of nitrogens with zero attached hydrogens (tertiary/aromatic N) is 1. The molecule has 1 aliphatic carbocycles. The molecule has 0 saturated heterocycles. The molecule has 118 valence electrons. The predicted octanol–water partition coefficient (Wildman–Crippen LogP) is 1.70.